The number of carbonyl (C=O) groups excluding carboxylic acids is 1. The van der Waals surface area contributed by atoms with Gasteiger partial charge >= 0.3 is 5.97 Å². The Morgan fingerprint density at radius 3 is 2.32 bits per heavy atom. The summed E-state index contributed by atoms with van der Waals surface area (Å²) in [6, 6.07) is 15.5. The van der Waals surface area contributed by atoms with E-state index in [2.05, 4.69) is 4.72 Å². The van der Waals surface area contributed by atoms with Crippen LogP contribution in [-0.2, 0) is 33.7 Å². The summed E-state index contributed by atoms with van der Waals surface area (Å²) < 4.78 is 35.2. The molecule has 1 fully saturated rings. The highest BCUT2D eigenvalue weighted by atomic mass is 32.2. The van der Waals surface area contributed by atoms with Gasteiger partial charge in [0.05, 0.1) is 15.2 Å². The molecule has 178 valence electrons. The lowest BCUT2D eigenvalue weighted by molar-refractivity contribution is -0.384. The first-order chi connectivity index (χ1) is 16.2. The second-order valence-corrected chi connectivity index (χ2v) is 10.1. The van der Waals surface area contributed by atoms with Crippen LogP contribution in [0.4, 0.5) is 5.69 Å². The second kappa shape index (κ2) is 9.40. The van der Waals surface area contributed by atoms with Gasteiger partial charge in [-0.15, -0.1) is 0 Å². The molecule has 0 radical (unpaired) electrons. The number of hydrogen-bond acceptors (Lipinski definition) is 6. The molecule has 0 spiro atoms. The van der Waals surface area contributed by atoms with Gasteiger partial charge in [0.2, 0.25) is 10.0 Å². The fraction of sp³-hybridized carbons (Fsp3) is 0.292. The smallest absolute Gasteiger partial charge is 0.321 e. The minimum absolute atomic E-state index is 0.0411. The quantitative estimate of drug-likeness (QED) is 0.215. The van der Waals surface area contributed by atoms with Gasteiger partial charge in [0.15, 0.2) is 0 Å². The van der Waals surface area contributed by atoms with E-state index >= 15 is 0 Å². The number of sulfonamides is 1. The Bertz CT molecular complexity index is 1290. The summed E-state index contributed by atoms with van der Waals surface area (Å²) in [6.45, 7) is 0.259. The summed E-state index contributed by atoms with van der Waals surface area (Å²) in [4.78, 5) is 23.5. The van der Waals surface area contributed by atoms with Crippen LogP contribution in [0.5, 0.6) is 5.75 Å². The van der Waals surface area contributed by atoms with Crippen molar-refractivity contribution < 1.29 is 22.9 Å². The molecule has 1 aliphatic carbocycles. The number of hydrogen-bond donors (Lipinski definition) is 1. The lowest BCUT2D eigenvalue weighted by Crippen LogP contribution is -2.45. The van der Waals surface area contributed by atoms with Crippen LogP contribution in [0.1, 0.15) is 30.5 Å². The number of non-ortho nitro benzene ring substituents is 1. The van der Waals surface area contributed by atoms with E-state index in [0.29, 0.717) is 24.8 Å². The summed E-state index contributed by atoms with van der Waals surface area (Å²) in [5.74, 6) is -0.218. The van der Waals surface area contributed by atoms with Crippen LogP contribution < -0.4 is 9.46 Å². The van der Waals surface area contributed by atoms with Crippen molar-refractivity contribution in [2.75, 3.05) is 6.54 Å². The largest absolute Gasteiger partial charge is 0.426 e. The predicted molar refractivity (Wildman–Crippen MR) is 125 cm³/mol. The molecular formula is C24H25N3O6S. The number of aromatic nitrogens is 1. The van der Waals surface area contributed by atoms with Gasteiger partial charge in [0.1, 0.15) is 5.75 Å². The molecule has 1 aromatic heterocycles. The summed E-state index contributed by atoms with van der Waals surface area (Å²) >= 11 is 0. The highest BCUT2D eigenvalue weighted by molar-refractivity contribution is 7.89. The van der Waals surface area contributed by atoms with Gasteiger partial charge in [-0.1, -0.05) is 18.6 Å². The zero-order chi connectivity index (χ0) is 24.3. The molecule has 34 heavy (non-hydrogen) atoms. The lowest BCUT2D eigenvalue weighted by Gasteiger charge is -2.39. The molecule has 0 atom stereocenters. The molecular weight excluding hydrogens is 458 g/mol. The maximum Gasteiger partial charge on any atom is 0.321 e. The van der Waals surface area contributed by atoms with E-state index in [0.717, 1.165) is 12.1 Å². The van der Waals surface area contributed by atoms with Crippen LogP contribution in [0.25, 0.3) is 0 Å². The van der Waals surface area contributed by atoms with E-state index in [9.17, 15) is 23.3 Å². The van der Waals surface area contributed by atoms with Gasteiger partial charge in [0.25, 0.3) is 5.69 Å². The average Bonchev–Trinajstić information content (AvgIpc) is 3.18. The van der Waals surface area contributed by atoms with Gasteiger partial charge < -0.3 is 9.30 Å². The number of nitrogens with zero attached hydrogens (tertiary/aromatic N) is 2. The second-order valence-electron chi connectivity index (χ2n) is 8.36. The number of nitrogens with one attached hydrogen (secondary N) is 1. The molecule has 4 rings (SSSR count). The maximum atomic E-state index is 13.0. The van der Waals surface area contributed by atoms with Crippen molar-refractivity contribution in [2.45, 2.75) is 36.0 Å². The van der Waals surface area contributed by atoms with Crippen LogP contribution >= 0.6 is 0 Å². The molecule has 1 heterocycles. The van der Waals surface area contributed by atoms with E-state index in [1.165, 1.54) is 36.4 Å². The topological polar surface area (TPSA) is 121 Å². The molecule has 3 aromatic rings. The van der Waals surface area contributed by atoms with Crippen molar-refractivity contribution in [3.63, 3.8) is 0 Å². The fourth-order valence-electron chi connectivity index (χ4n) is 4.09. The number of benzene rings is 2. The Morgan fingerprint density at radius 1 is 1.12 bits per heavy atom. The number of carbonyl (C=O) groups is 1. The third-order valence-electron chi connectivity index (χ3n) is 6.30. The van der Waals surface area contributed by atoms with Crippen molar-refractivity contribution >= 4 is 21.7 Å². The Hall–Kier alpha value is -3.50. The minimum Gasteiger partial charge on any atom is -0.426 e. The number of rotatable bonds is 9. The maximum absolute atomic E-state index is 13.0. The van der Waals surface area contributed by atoms with Crippen LogP contribution in [0.3, 0.4) is 0 Å². The predicted octanol–water partition coefficient (Wildman–Crippen LogP) is 3.48. The zero-order valence-electron chi connectivity index (χ0n) is 18.6. The zero-order valence-corrected chi connectivity index (χ0v) is 19.5. The third-order valence-corrected chi connectivity index (χ3v) is 7.77. The molecule has 10 heteroatoms. The van der Waals surface area contributed by atoms with E-state index in [4.69, 9.17) is 4.74 Å². The standard InChI is InChI=1S/C24H25N3O6S/c1-26-17-2-4-19(26)13-16-25-34(31,32)22-11-9-21(10-12-22)33-23(28)24(14-3-15-24)18-5-7-20(8-6-18)27(29)30/h2,4-12,17,25H,3,13-16H2,1H3. The number of aryl methyl sites for hydroxylation is 1. The normalized spacial score (nSPS) is 14.9. The van der Waals surface area contributed by atoms with Crippen molar-refractivity contribution in [3.8, 4) is 5.75 Å². The van der Waals surface area contributed by atoms with E-state index in [-0.39, 0.29) is 22.9 Å². The first-order valence-corrected chi connectivity index (χ1v) is 12.4. The molecule has 9 nitrogen and oxygen atoms in total. The summed E-state index contributed by atoms with van der Waals surface area (Å²) in [5.41, 5.74) is 0.804. The van der Waals surface area contributed by atoms with Crippen LogP contribution in [0, 0.1) is 10.1 Å². The number of nitro benzene ring substituents is 1. The highest BCUT2D eigenvalue weighted by Gasteiger charge is 2.47. The Kier molecular flexibility index (Phi) is 6.54. The Morgan fingerprint density at radius 2 is 1.79 bits per heavy atom. The molecule has 0 saturated heterocycles. The summed E-state index contributed by atoms with van der Waals surface area (Å²) in [7, 11) is -1.80. The van der Waals surface area contributed by atoms with Gasteiger partial charge in [-0.3, -0.25) is 14.9 Å². The number of ether oxygens (including phenoxy) is 1. The van der Waals surface area contributed by atoms with Crippen molar-refractivity contribution in [3.05, 3.63) is 88.2 Å². The number of esters is 1. The molecule has 1 aliphatic rings. The fourth-order valence-corrected chi connectivity index (χ4v) is 5.12. The van der Waals surface area contributed by atoms with Crippen LogP contribution in [0.2, 0.25) is 0 Å². The van der Waals surface area contributed by atoms with Crippen LogP contribution in [-0.4, -0.2) is 30.4 Å². The van der Waals surface area contributed by atoms with Gasteiger partial charge in [-0.05, 0) is 54.8 Å². The lowest BCUT2D eigenvalue weighted by atomic mass is 9.64. The number of nitro groups is 1. The Balaban J connectivity index is 1.40. The SMILES string of the molecule is Cn1cccc1CCNS(=O)(=O)c1ccc(OC(=O)C2(c3ccc([N+](=O)[O-])cc3)CCC2)cc1. The highest BCUT2D eigenvalue weighted by Crippen LogP contribution is 2.45. The first-order valence-electron chi connectivity index (χ1n) is 10.9. The van der Waals surface area contributed by atoms with E-state index in [1.54, 1.807) is 12.1 Å². The van der Waals surface area contributed by atoms with Crippen LogP contribution in [0.15, 0.2) is 71.8 Å². The van der Waals surface area contributed by atoms with Gasteiger partial charge in [0, 0.05) is 44.0 Å². The molecule has 1 N–H and O–H groups in total. The minimum atomic E-state index is -3.70. The first kappa shape index (κ1) is 23.7. The average molecular weight is 484 g/mol. The molecule has 2 aromatic carbocycles. The third kappa shape index (κ3) is 4.73. The van der Waals surface area contributed by atoms with Crippen molar-refractivity contribution in [1.29, 1.82) is 0 Å². The molecule has 0 amide bonds. The van der Waals surface area contributed by atoms with E-state index < -0.39 is 26.3 Å². The molecule has 0 aliphatic heterocycles. The van der Waals surface area contributed by atoms with Crippen molar-refractivity contribution in [2.24, 2.45) is 7.05 Å². The molecule has 0 unspecified atom stereocenters. The molecule has 0 bridgehead atoms. The summed E-state index contributed by atoms with van der Waals surface area (Å²) in [6.07, 6.45) is 4.47. The van der Waals surface area contributed by atoms with E-state index in [1.807, 2.05) is 29.9 Å². The van der Waals surface area contributed by atoms with Gasteiger partial charge in [-0.25, -0.2) is 13.1 Å². The van der Waals surface area contributed by atoms with Crippen molar-refractivity contribution in [1.82, 2.24) is 9.29 Å². The summed E-state index contributed by atoms with van der Waals surface area (Å²) in [5, 5.41) is 10.9. The molecule has 1 saturated carbocycles. The van der Waals surface area contributed by atoms with Gasteiger partial charge in [-0.2, -0.15) is 0 Å². The Labute approximate surface area is 197 Å². The monoisotopic (exact) mass is 483 g/mol.